The molecule has 4 heterocycles. The van der Waals surface area contributed by atoms with E-state index in [9.17, 15) is 38.4 Å². The lowest BCUT2D eigenvalue weighted by Gasteiger charge is -2.15. The minimum atomic E-state index is -1.23. The monoisotopic (exact) mass is 1990 g/mol. The second-order valence-corrected chi connectivity index (χ2v) is 29.0. The molecule has 0 saturated carbocycles. The van der Waals surface area contributed by atoms with Crippen molar-refractivity contribution >= 4 is 88.2 Å². The Morgan fingerprint density at radius 2 is 0.496 bits per heavy atom. The van der Waals surface area contributed by atoms with Gasteiger partial charge >= 0.3 is 64.0 Å². The summed E-state index contributed by atoms with van der Waals surface area (Å²) in [6.45, 7) is 24.1. The molecule has 4 fully saturated rings. The average Bonchev–Trinajstić information content (AvgIpc) is 1.67. The molecule has 2 aromatic carbocycles. The molecule has 6 rings (SSSR count). The molecule has 5 N–H and O–H groups in total. The minimum absolute atomic E-state index is 0. The predicted molar refractivity (Wildman–Crippen MR) is 488 cm³/mol. The normalized spacial score (nSPS) is 13.5. The molecule has 4 aliphatic rings. The lowest BCUT2D eigenvalue weighted by molar-refractivity contribution is -0.155. The number of carboxylic acid groups (broad SMARTS) is 1. The zero-order valence-electron chi connectivity index (χ0n) is 79.6. The molecular weight excluding hydrogens is 1840 g/mol. The van der Waals surface area contributed by atoms with E-state index in [-0.39, 0.29) is 106 Å². The predicted octanol–water partition coefficient (Wildman–Crippen LogP) is -0.723. The summed E-state index contributed by atoms with van der Waals surface area (Å²) in [5.74, 6) is -7.22. The van der Waals surface area contributed by atoms with E-state index in [1.165, 1.54) is 14.2 Å². The molecule has 0 radical (unpaired) electrons. The van der Waals surface area contributed by atoms with Crippen LogP contribution in [-0.2, 0) is 208 Å². The molecular formula is C85H146B4ClN5O42. The molecule has 137 heavy (non-hydrogen) atoms. The number of nitrogens with two attached hydrogens (primary N) is 1. The molecule has 4 saturated heterocycles. The standard InChI is InChI=1S/C40H68B2N2O19.C31H61B2N3O17.C14H16O6.ClH/c1-48-38(45)31-37(32-39(46)60-33-36-5-3-2-4-6-36)40(47)43-7-8-49-9-10-50-11-12-51-13-14-52-15-16-53-17-18-54-19-20-55-21-22-56-23-24-57-25-26-58-27-28-59-29-30-63-44(41-34-61-41)42-35-62-42;1-39-30(37)26-29(34)31(38)35-2-3-40-4-5-41-6-7-42-8-9-43-10-11-44-12-13-45-14-15-46-16-17-47-18-19-48-20-21-49-22-23-50-24-25-53-36(32-27-51-32)33-28-52-33;1-19-12(15)7-11(14(17)18)8-13(16)20-9-10-5-3-2-4-6-10;/h2-6,37H,7-35H2,1H3,(H,43,47);29H,2-28,34H2,1H3,(H,35,38);2-6,11H,7-9H2,1H3,(H,17,18);1H. The maximum Gasteiger partial charge on any atom is 0.422 e. The van der Waals surface area contributed by atoms with Gasteiger partial charge in [0.25, 0.3) is 0 Å². The maximum atomic E-state index is 12.6. The van der Waals surface area contributed by atoms with E-state index in [1.807, 2.05) is 36.4 Å². The van der Waals surface area contributed by atoms with Gasteiger partial charge in [0.2, 0.25) is 11.8 Å². The Balaban J connectivity index is 0.000000588. The molecule has 0 aliphatic carbocycles. The van der Waals surface area contributed by atoms with Crippen molar-refractivity contribution in [1.29, 1.82) is 0 Å². The summed E-state index contributed by atoms with van der Waals surface area (Å²) >= 11 is 0. The highest BCUT2D eigenvalue weighted by molar-refractivity contribution is 6.73. The average molecular weight is 1990 g/mol. The second kappa shape index (κ2) is 89.6. The van der Waals surface area contributed by atoms with Crippen molar-refractivity contribution in [1.82, 2.24) is 20.4 Å². The van der Waals surface area contributed by atoms with Crippen LogP contribution in [0.3, 0.4) is 0 Å². The number of nitrogens with one attached hydrogen (secondary N) is 2. The summed E-state index contributed by atoms with van der Waals surface area (Å²) in [6.07, 6.45) is -1.38. The summed E-state index contributed by atoms with van der Waals surface area (Å²) < 4.78 is 165. The number of amides is 2. The Bertz CT molecular complexity index is 3230. The van der Waals surface area contributed by atoms with Gasteiger partial charge in [-0.25, -0.2) is 9.77 Å². The first-order valence-electron chi connectivity index (χ1n) is 45.8. The number of hydrogen-bond acceptors (Lipinski definition) is 44. The SMILES string of the molecule is COC(=O)CC(CC(=O)OCc1ccccc1)C(=O)NCCOCCOCCOCCOCCOCCOCCOCCOCCOCCOCCOCCON(B1CO1)B1CO1.COC(=O)CC(CC(=O)OCc1ccccc1)C(=O)O.COC(=O)CC(N)C(=O)NCCOCCOCCOCCOCCOCCOCCOCCOCCOCCOCCOCCON(B1CO1)B1CO1.Cl. The Labute approximate surface area is 809 Å². The molecule has 0 aromatic heterocycles. The van der Waals surface area contributed by atoms with Crippen LogP contribution >= 0.6 is 12.4 Å². The molecule has 4 aliphatic heterocycles. The molecule has 0 bridgehead atoms. The van der Waals surface area contributed by atoms with Crippen LogP contribution in [0.4, 0.5) is 0 Å². The number of nitrogens with zero attached hydrogens (tertiary/aromatic N) is 2. The van der Waals surface area contributed by atoms with Gasteiger partial charge in [0, 0.05) is 13.1 Å². The van der Waals surface area contributed by atoms with E-state index in [1.54, 1.807) is 34.0 Å². The number of aliphatic carboxylic acids is 1. The lowest BCUT2D eigenvalue weighted by atomic mass is 9.81. The van der Waals surface area contributed by atoms with Crippen molar-refractivity contribution in [3.63, 3.8) is 0 Å². The van der Waals surface area contributed by atoms with Gasteiger partial charge in [-0.05, 0) is 11.1 Å². The number of ether oxygens (including phenoxy) is 27. The fourth-order valence-corrected chi connectivity index (χ4v) is 10.7. The Morgan fingerprint density at radius 1 is 0.299 bits per heavy atom. The Morgan fingerprint density at radius 3 is 0.723 bits per heavy atom. The van der Waals surface area contributed by atoms with Gasteiger partial charge in [-0.3, -0.25) is 38.4 Å². The summed E-state index contributed by atoms with van der Waals surface area (Å²) in [7, 11) is 3.69. The number of carboxylic acids is 1. The molecule has 3 unspecified atom stereocenters. The minimum Gasteiger partial charge on any atom is -0.481 e. The first kappa shape index (κ1) is 125. The van der Waals surface area contributed by atoms with Gasteiger partial charge in [-0.2, -0.15) is 0 Å². The topological polar surface area (TPSA) is 531 Å². The third-order valence-electron chi connectivity index (χ3n) is 18.1. The number of benzene rings is 2. The molecule has 2 aromatic rings. The van der Waals surface area contributed by atoms with Crippen LogP contribution in [-0.4, -0.2) is 461 Å². The Kier molecular flexibility index (Phi) is 81.5. The quantitative estimate of drug-likeness (QED) is 0.0158. The highest BCUT2D eigenvalue weighted by atomic mass is 35.5. The van der Waals surface area contributed by atoms with Crippen molar-refractivity contribution < 1.29 is 200 Å². The molecule has 2 amide bonds. The number of carbonyl (C=O) groups excluding carboxylic acids is 7. The van der Waals surface area contributed by atoms with Gasteiger partial charge in [-0.1, -0.05) is 60.7 Å². The number of carbonyl (C=O) groups is 8. The van der Waals surface area contributed by atoms with Crippen LogP contribution in [0.25, 0.3) is 0 Å². The van der Waals surface area contributed by atoms with E-state index < -0.39 is 65.5 Å². The Hall–Kier alpha value is -6.49. The largest absolute Gasteiger partial charge is 0.481 e. The van der Waals surface area contributed by atoms with Crippen molar-refractivity contribution in [3.05, 3.63) is 71.8 Å². The molecule has 0 spiro atoms. The maximum absolute atomic E-state index is 12.6. The van der Waals surface area contributed by atoms with Crippen molar-refractivity contribution in [2.45, 2.75) is 51.4 Å². The zero-order chi connectivity index (χ0) is 97.5. The fourth-order valence-electron chi connectivity index (χ4n) is 10.7. The fraction of sp³-hybridized carbons (Fsp3) is 0.765. The summed E-state index contributed by atoms with van der Waals surface area (Å²) in [5, 5.41) is 14.2. The molecule has 782 valence electrons. The molecule has 47 nitrogen and oxygen atoms in total. The van der Waals surface area contributed by atoms with Crippen molar-refractivity contribution in [3.8, 4) is 0 Å². The zero-order valence-corrected chi connectivity index (χ0v) is 80.4. The first-order chi connectivity index (χ1) is 66.7. The summed E-state index contributed by atoms with van der Waals surface area (Å²) in [6, 6.07) is 17.3. The van der Waals surface area contributed by atoms with Gasteiger partial charge in [0.1, 0.15) is 13.2 Å². The summed E-state index contributed by atoms with van der Waals surface area (Å²) in [4.78, 5) is 108. The third-order valence-corrected chi connectivity index (χ3v) is 18.1. The first-order valence-corrected chi connectivity index (χ1v) is 45.8. The van der Waals surface area contributed by atoms with Crippen LogP contribution in [0.5, 0.6) is 0 Å². The van der Waals surface area contributed by atoms with Crippen LogP contribution in [0.15, 0.2) is 60.7 Å². The number of esters is 5. The van der Waals surface area contributed by atoms with Gasteiger partial charge in [-0.15, -0.1) is 12.4 Å². The van der Waals surface area contributed by atoms with Crippen LogP contribution in [0, 0.1) is 11.8 Å². The van der Waals surface area contributed by atoms with Gasteiger partial charge < -0.3 is 178 Å². The van der Waals surface area contributed by atoms with Gasteiger partial charge in [0.15, 0.2) is 0 Å². The number of methoxy groups -OCH3 is 3. The van der Waals surface area contributed by atoms with E-state index in [0.717, 1.165) is 18.2 Å². The van der Waals surface area contributed by atoms with Gasteiger partial charge in [0.05, 0.1) is 401 Å². The molecule has 52 heteroatoms. The highest BCUT2D eigenvalue weighted by Gasteiger charge is 2.52. The summed E-state index contributed by atoms with van der Waals surface area (Å²) in [5.41, 5.74) is 7.23. The lowest BCUT2D eigenvalue weighted by Crippen LogP contribution is -2.43. The smallest absolute Gasteiger partial charge is 0.422 e. The number of halogens is 1. The van der Waals surface area contributed by atoms with Crippen molar-refractivity contribution in [2.24, 2.45) is 17.6 Å². The van der Waals surface area contributed by atoms with E-state index in [4.69, 9.17) is 153 Å². The van der Waals surface area contributed by atoms with Crippen LogP contribution in [0.1, 0.15) is 43.2 Å². The number of hydrogen-bond donors (Lipinski definition) is 4. The molecule has 3 atom stereocenters. The van der Waals surface area contributed by atoms with E-state index in [2.05, 4.69) is 24.8 Å². The van der Waals surface area contributed by atoms with Crippen molar-refractivity contribution in [2.75, 3.05) is 364 Å². The van der Waals surface area contributed by atoms with E-state index in [0.29, 0.717) is 323 Å². The third kappa shape index (κ3) is 76.9. The van der Waals surface area contributed by atoms with E-state index >= 15 is 0 Å². The van der Waals surface area contributed by atoms with Crippen LogP contribution < -0.4 is 16.4 Å². The second-order valence-electron chi connectivity index (χ2n) is 29.0. The van der Waals surface area contributed by atoms with Crippen LogP contribution in [0.2, 0.25) is 0 Å². The highest BCUT2D eigenvalue weighted by Crippen LogP contribution is 2.22. The number of rotatable bonds is 95.